The first-order valence-corrected chi connectivity index (χ1v) is 15.0. The van der Waals surface area contributed by atoms with Gasteiger partial charge in [-0.2, -0.15) is 9.97 Å². The molecule has 50 heavy (non-hydrogen) atoms. The molecule has 10 N–H and O–H groups in total. The van der Waals surface area contributed by atoms with E-state index in [4.69, 9.17) is 26.4 Å². The third-order valence-corrected chi connectivity index (χ3v) is 7.56. The predicted molar refractivity (Wildman–Crippen MR) is 176 cm³/mol. The maximum atomic E-state index is 12.4. The first-order valence-electron chi connectivity index (χ1n) is 15.0. The molecule has 0 saturated carbocycles. The molecular formula is C30H36N10O10. The Labute approximate surface area is 282 Å². The number of nitrogens with one attached hydrogen (secondary N) is 2. The van der Waals surface area contributed by atoms with Gasteiger partial charge in [0.2, 0.25) is 5.95 Å². The first-order chi connectivity index (χ1) is 23.7. The molecule has 0 unspecified atom stereocenters. The molecule has 0 bridgehead atoms. The van der Waals surface area contributed by atoms with Crippen molar-refractivity contribution in [1.82, 2.24) is 34.8 Å². The number of rotatable bonds is 11. The fourth-order valence-corrected chi connectivity index (χ4v) is 4.88. The van der Waals surface area contributed by atoms with E-state index in [0.717, 1.165) is 5.69 Å². The van der Waals surface area contributed by atoms with Gasteiger partial charge < -0.3 is 46.8 Å². The lowest BCUT2D eigenvalue weighted by Gasteiger charge is -2.19. The number of aliphatic hydroxyl groups is 2. The van der Waals surface area contributed by atoms with Crippen LogP contribution in [0, 0.1) is 6.92 Å². The number of fused-ring (bicyclic) bond motifs is 1. The van der Waals surface area contributed by atoms with E-state index in [1.54, 1.807) is 25.3 Å². The summed E-state index contributed by atoms with van der Waals surface area (Å²) >= 11 is 0. The van der Waals surface area contributed by atoms with E-state index in [9.17, 15) is 34.2 Å². The lowest BCUT2D eigenvalue weighted by atomic mass is 10.1. The van der Waals surface area contributed by atoms with Gasteiger partial charge in [0.05, 0.1) is 31.1 Å². The molecule has 1 aliphatic rings. The molecule has 1 aromatic carbocycles. The summed E-state index contributed by atoms with van der Waals surface area (Å²) < 4.78 is 6.54. The zero-order valence-electron chi connectivity index (χ0n) is 26.9. The van der Waals surface area contributed by atoms with Crippen LogP contribution >= 0.6 is 0 Å². The Morgan fingerprint density at radius 2 is 1.84 bits per heavy atom. The Morgan fingerprint density at radius 3 is 2.46 bits per heavy atom. The zero-order chi connectivity index (χ0) is 36.7. The van der Waals surface area contributed by atoms with E-state index in [1.807, 2.05) is 11.9 Å². The van der Waals surface area contributed by atoms with Crippen molar-refractivity contribution >= 4 is 46.5 Å². The van der Waals surface area contributed by atoms with Crippen LogP contribution in [0.15, 0.2) is 46.2 Å². The minimum absolute atomic E-state index is 0.0138. The molecule has 4 atom stereocenters. The summed E-state index contributed by atoms with van der Waals surface area (Å²) in [5, 5.41) is 38.8. The SMILES string of the molecule is CN(Cc1cnc2nc(N)nc(N)c2n1)c1ccc(C(=O)N[C@@H](CCC(=O)O)C(=O)O)cc1.Cc1cn([C@H]2C[C@H](O)[C@@H](CO)O2)c(=O)[nH]c1=O. The summed E-state index contributed by atoms with van der Waals surface area (Å²) in [7, 11) is 1.82. The number of aliphatic hydroxyl groups excluding tert-OH is 2. The number of hydrogen-bond acceptors (Lipinski definition) is 15. The van der Waals surface area contributed by atoms with Gasteiger partial charge >= 0.3 is 17.6 Å². The fourth-order valence-electron chi connectivity index (χ4n) is 4.88. The molecule has 1 fully saturated rings. The van der Waals surface area contributed by atoms with Crippen molar-refractivity contribution in [2.45, 2.75) is 57.2 Å². The van der Waals surface area contributed by atoms with Crippen molar-refractivity contribution in [1.29, 1.82) is 0 Å². The van der Waals surface area contributed by atoms with E-state index in [1.165, 1.54) is 22.9 Å². The van der Waals surface area contributed by atoms with Crippen LogP contribution in [0.2, 0.25) is 0 Å². The molecular weight excluding hydrogens is 660 g/mol. The minimum Gasteiger partial charge on any atom is -0.481 e. The van der Waals surface area contributed by atoms with Crippen LogP contribution in [0.5, 0.6) is 0 Å². The van der Waals surface area contributed by atoms with Crippen molar-refractivity contribution in [3.05, 3.63) is 74.3 Å². The smallest absolute Gasteiger partial charge is 0.330 e. The normalized spacial score (nSPS) is 17.4. The van der Waals surface area contributed by atoms with Crippen molar-refractivity contribution in [2.75, 3.05) is 30.0 Å². The van der Waals surface area contributed by atoms with Crippen molar-refractivity contribution < 1.29 is 39.5 Å². The van der Waals surface area contributed by atoms with Crippen LogP contribution in [-0.4, -0.2) is 99.7 Å². The molecule has 266 valence electrons. The number of carboxylic acid groups (broad SMARTS) is 2. The Balaban J connectivity index is 0.000000276. The lowest BCUT2D eigenvalue weighted by Crippen LogP contribution is -2.41. The number of carbonyl (C=O) groups excluding carboxylic acids is 1. The zero-order valence-corrected chi connectivity index (χ0v) is 26.9. The number of aliphatic carboxylic acids is 2. The van der Waals surface area contributed by atoms with Gasteiger partial charge in [-0.25, -0.2) is 19.6 Å². The van der Waals surface area contributed by atoms with Crippen LogP contribution in [0.4, 0.5) is 17.5 Å². The van der Waals surface area contributed by atoms with Gasteiger partial charge in [0.15, 0.2) is 17.0 Å². The molecule has 3 aromatic heterocycles. The van der Waals surface area contributed by atoms with Crippen LogP contribution in [-0.2, 0) is 20.9 Å². The number of aromatic nitrogens is 6. The summed E-state index contributed by atoms with van der Waals surface area (Å²) in [6.45, 7) is 1.63. The van der Waals surface area contributed by atoms with Gasteiger partial charge in [-0.1, -0.05) is 0 Å². The molecule has 20 heteroatoms. The number of hydrogen-bond donors (Lipinski definition) is 8. The summed E-state index contributed by atoms with van der Waals surface area (Å²) in [5.74, 6) is -2.91. The number of amides is 1. The van der Waals surface area contributed by atoms with Gasteiger partial charge in [-0.3, -0.25) is 23.9 Å². The lowest BCUT2D eigenvalue weighted by molar-refractivity contribution is -0.140. The number of nitrogen functional groups attached to an aromatic ring is 2. The van der Waals surface area contributed by atoms with Gasteiger partial charge in [0.1, 0.15) is 18.4 Å². The van der Waals surface area contributed by atoms with Gasteiger partial charge in [0, 0.05) is 42.9 Å². The molecule has 20 nitrogen and oxygen atoms in total. The Kier molecular flexibility index (Phi) is 11.7. The maximum absolute atomic E-state index is 12.4. The number of anilines is 3. The summed E-state index contributed by atoms with van der Waals surface area (Å²) in [4.78, 5) is 77.6. The van der Waals surface area contributed by atoms with Crippen LogP contribution < -0.4 is 32.9 Å². The molecule has 0 spiro atoms. The Morgan fingerprint density at radius 1 is 1.14 bits per heavy atom. The Bertz CT molecular complexity index is 1980. The maximum Gasteiger partial charge on any atom is 0.330 e. The largest absolute Gasteiger partial charge is 0.481 e. The standard InChI is InChI=1S/C20H22N8O5.C10H14N2O5/c1-28(9-11-8-23-17-15(24-11)16(21)26-20(22)27-17)12-4-2-10(3-5-12)18(31)25-13(19(32)33)6-7-14(29)30;1-5-3-12(10(16)11-9(5)15)8-2-6(14)7(4-13)17-8/h2-5,8,13H,6-7,9H2,1H3,(H,25,31)(H,29,30)(H,32,33)(H4,21,22,23,26,27);3,6-8,13-14H,2,4H2,1H3,(H,11,15,16)/t13-;6-,7+,8+/m00/s1. The number of carboxylic acids is 2. The predicted octanol–water partition coefficient (Wildman–Crippen LogP) is -1.25. The molecule has 1 amide bonds. The second-order valence-electron chi connectivity index (χ2n) is 11.3. The van der Waals surface area contributed by atoms with E-state index < -0.39 is 53.6 Å². The molecule has 4 heterocycles. The number of H-pyrrole nitrogens is 1. The fraction of sp³-hybridized carbons (Fsp3) is 0.367. The van der Waals surface area contributed by atoms with Crippen molar-refractivity contribution in [3.8, 4) is 0 Å². The number of nitrogens with zero attached hydrogens (tertiary/aromatic N) is 6. The highest BCUT2D eigenvalue weighted by Gasteiger charge is 2.35. The molecule has 5 rings (SSSR count). The van der Waals surface area contributed by atoms with Crippen molar-refractivity contribution in [3.63, 3.8) is 0 Å². The van der Waals surface area contributed by atoms with Gasteiger partial charge in [0.25, 0.3) is 11.5 Å². The number of aromatic amines is 1. The highest BCUT2D eigenvalue weighted by molar-refractivity contribution is 5.97. The van der Waals surface area contributed by atoms with Crippen molar-refractivity contribution in [2.24, 2.45) is 0 Å². The third-order valence-electron chi connectivity index (χ3n) is 7.56. The quantitative estimate of drug-likeness (QED) is 0.0908. The second-order valence-corrected chi connectivity index (χ2v) is 11.3. The highest BCUT2D eigenvalue weighted by Crippen LogP contribution is 2.27. The molecule has 1 saturated heterocycles. The number of ether oxygens (including phenoxy) is 1. The average Bonchev–Trinajstić information content (AvgIpc) is 3.45. The first kappa shape index (κ1) is 36.8. The number of carbonyl (C=O) groups is 3. The molecule has 0 aliphatic carbocycles. The molecule has 0 radical (unpaired) electrons. The Hall–Kier alpha value is -5.99. The third kappa shape index (κ3) is 9.12. The number of benzene rings is 1. The minimum atomic E-state index is -1.30. The van der Waals surface area contributed by atoms with E-state index in [2.05, 4.69) is 30.2 Å². The molecule has 1 aliphatic heterocycles. The highest BCUT2D eigenvalue weighted by atomic mass is 16.5. The van der Waals surface area contributed by atoms with E-state index in [0.29, 0.717) is 29.0 Å². The second kappa shape index (κ2) is 15.9. The number of aryl methyl sites for hydroxylation is 1. The van der Waals surface area contributed by atoms with Crippen LogP contribution in [0.3, 0.4) is 0 Å². The topological polar surface area (TPSA) is 315 Å². The summed E-state index contributed by atoms with van der Waals surface area (Å²) in [5.41, 5.74) is 13.0. The van der Waals surface area contributed by atoms with Crippen LogP contribution in [0.25, 0.3) is 11.2 Å². The summed E-state index contributed by atoms with van der Waals surface area (Å²) in [6.07, 6.45) is 0.383. The molecule has 4 aromatic rings. The monoisotopic (exact) mass is 696 g/mol. The van der Waals surface area contributed by atoms with Gasteiger partial charge in [-0.05, 0) is 37.6 Å². The number of nitrogens with two attached hydrogens (primary N) is 2. The van der Waals surface area contributed by atoms with Gasteiger partial charge in [-0.15, -0.1) is 0 Å². The average molecular weight is 697 g/mol. The van der Waals surface area contributed by atoms with E-state index >= 15 is 0 Å². The summed E-state index contributed by atoms with van der Waals surface area (Å²) in [6, 6.07) is 5.16. The van der Waals surface area contributed by atoms with Crippen LogP contribution in [0.1, 0.15) is 47.1 Å². The van der Waals surface area contributed by atoms with E-state index in [-0.39, 0.29) is 43.2 Å².